The minimum Gasteiger partial charge on any atom is -0.486 e. The molecule has 3 aliphatic rings. The van der Waals surface area contributed by atoms with Crippen molar-refractivity contribution in [3.8, 4) is 11.5 Å². The first-order valence-corrected chi connectivity index (χ1v) is 16.6. The monoisotopic (exact) mass is 617 g/mol. The van der Waals surface area contributed by atoms with Crippen molar-refractivity contribution in [3.05, 3.63) is 46.9 Å². The lowest BCUT2D eigenvalue weighted by Crippen LogP contribution is -2.38. The average Bonchev–Trinajstić information content (AvgIpc) is 3.45. The summed E-state index contributed by atoms with van der Waals surface area (Å²) in [7, 11) is 0. The topological polar surface area (TPSA) is 82.2 Å². The predicted molar refractivity (Wildman–Crippen MR) is 175 cm³/mol. The van der Waals surface area contributed by atoms with Crippen LogP contribution in [0.2, 0.25) is 0 Å². The fourth-order valence-electron chi connectivity index (χ4n) is 5.47. The zero-order valence-corrected chi connectivity index (χ0v) is 28.0. The van der Waals surface area contributed by atoms with E-state index < -0.39 is 23.4 Å². The number of pyridine rings is 1. The fraction of sp³-hybridized carbons (Fsp3) is 0.657. The second kappa shape index (κ2) is 17.5. The average molecular weight is 618 g/mol. The van der Waals surface area contributed by atoms with Gasteiger partial charge in [0.2, 0.25) is 0 Å². The number of hydrogen-bond donors (Lipinski definition) is 1. The number of nitrogens with one attached hydrogen (secondary N) is 1. The van der Waals surface area contributed by atoms with E-state index in [1.807, 2.05) is 39.5 Å². The number of hydrogen-bond acceptors (Lipinski definition) is 8. The number of carbonyl (C=O) groups excluding carboxylic acids is 1. The Morgan fingerprint density at radius 2 is 1.93 bits per heavy atom. The molecule has 1 aromatic heterocycles. The van der Waals surface area contributed by atoms with E-state index in [2.05, 4.69) is 31.3 Å². The molecule has 2 atom stereocenters. The molecule has 1 saturated heterocycles. The quantitative estimate of drug-likeness (QED) is 0.228. The van der Waals surface area contributed by atoms with E-state index in [4.69, 9.17) is 23.9 Å². The predicted octanol–water partition coefficient (Wildman–Crippen LogP) is 7.54. The molecule has 1 aromatic carbocycles. The van der Waals surface area contributed by atoms with Crippen molar-refractivity contribution in [1.82, 2.24) is 9.88 Å². The van der Waals surface area contributed by atoms with E-state index in [0.717, 1.165) is 56.6 Å². The molecule has 0 spiro atoms. The van der Waals surface area contributed by atoms with Gasteiger partial charge in [-0.05, 0) is 77.0 Å². The Hall–Kier alpha value is -2.91. The van der Waals surface area contributed by atoms with Crippen molar-refractivity contribution in [1.29, 1.82) is 0 Å². The fourth-order valence-corrected chi connectivity index (χ4v) is 5.47. The van der Waals surface area contributed by atoms with E-state index in [-0.39, 0.29) is 7.53 Å². The van der Waals surface area contributed by atoms with Crippen LogP contribution in [0.5, 0.6) is 11.5 Å². The Morgan fingerprint density at radius 3 is 2.68 bits per heavy atom. The first-order chi connectivity index (χ1) is 21.2. The number of halogens is 1. The first kappa shape index (κ1) is 35.6. The zero-order chi connectivity index (χ0) is 32.1. The molecule has 0 bridgehead atoms. The van der Waals surface area contributed by atoms with Crippen LogP contribution < -0.4 is 14.8 Å². The third kappa shape index (κ3) is 10.3. The van der Waals surface area contributed by atoms with E-state index in [9.17, 15) is 9.18 Å². The highest BCUT2D eigenvalue weighted by Crippen LogP contribution is 2.42. The van der Waals surface area contributed by atoms with Crippen LogP contribution in [0.15, 0.2) is 24.3 Å². The summed E-state index contributed by atoms with van der Waals surface area (Å²) in [5.74, 6) is 0.864. The SMILES string of the molecule is CC.CC(C)(C)OC(=O)C(c1cc(F)cc2c1OCCO2)N1CC[C@@H](OCCCCc2ccc3c(n2)NCCC3)C1.CCC.[HH]. The van der Waals surface area contributed by atoms with Crippen molar-refractivity contribution in [3.63, 3.8) is 0 Å². The van der Waals surface area contributed by atoms with Crippen LogP contribution in [-0.4, -0.2) is 67.0 Å². The third-order valence-corrected chi connectivity index (χ3v) is 7.23. The van der Waals surface area contributed by atoms with E-state index >= 15 is 0 Å². The van der Waals surface area contributed by atoms with Gasteiger partial charge in [-0.1, -0.05) is 40.2 Å². The van der Waals surface area contributed by atoms with Gasteiger partial charge < -0.3 is 24.3 Å². The highest BCUT2D eigenvalue weighted by molar-refractivity contribution is 5.80. The molecule has 9 heteroatoms. The van der Waals surface area contributed by atoms with Gasteiger partial charge in [0, 0.05) is 45.0 Å². The Morgan fingerprint density at radius 1 is 1.18 bits per heavy atom. The number of nitrogens with zero attached hydrogens (tertiary/aromatic N) is 2. The molecule has 1 fully saturated rings. The Balaban J connectivity index is 0.00000111. The van der Waals surface area contributed by atoms with Crippen molar-refractivity contribution in [2.75, 3.05) is 44.8 Å². The largest absolute Gasteiger partial charge is 0.486 e. The van der Waals surface area contributed by atoms with E-state index in [0.29, 0.717) is 50.0 Å². The van der Waals surface area contributed by atoms with Crippen molar-refractivity contribution < 1.29 is 29.6 Å². The summed E-state index contributed by atoms with van der Waals surface area (Å²) in [4.78, 5) is 20.2. The Labute approximate surface area is 265 Å². The van der Waals surface area contributed by atoms with Gasteiger partial charge in [-0.15, -0.1) is 0 Å². The minimum absolute atomic E-state index is 0. The molecule has 2 aromatic rings. The molecule has 44 heavy (non-hydrogen) atoms. The molecule has 3 aliphatic heterocycles. The molecule has 5 rings (SSSR count). The van der Waals surface area contributed by atoms with Crippen LogP contribution in [-0.2, 0) is 27.1 Å². The summed E-state index contributed by atoms with van der Waals surface area (Å²) in [6.07, 6.45) is 7.13. The maximum Gasteiger partial charge on any atom is 0.328 e. The van der Waals surface area contributed by atoms with Gasteiger partial charge in [0.1, 0.15) is 36.5 Å². The van der Waals surface area contributed by atoms with Crippen LogP contribution in [0.25, 0.3) is 0 Å². The molecule has 4 heterocycles. The van der Waals surface area contributed by atoms with Crippen LogP contribution in [0.1, 0.15) is 105 Å². The van der Waals surface area contributed by atoms with Gasteiger partial charge in [0.15, 0.2) is 11.5 Å². The van der Waals surface area contributed by atoms with Gasteiger partial charge in [-0.25, -0.2) is 14.2 Å². The van der Waals surface area contributed by atoms with Gasteiger partial charge in [-0.3, -0.25) is 4.90 Å². The summed E-state index contributed by atoms with van der Waals surface area (Å²) in [5, 5.41) is 3.40. The zero-order valence-electron chi connectivity index (χ0n) is 28.0. The normalized spacial score (nSPS) is 18.0. The maximum absolute atomic E-state index is 14.6. The van der Waals surface area contributed by atoms with Crippen LogP contribution >= 0.6 is 0 Å². The summed E-state index contributed by atoms with van der Waals surface area (Å²) in [6.45, 7) is 17.2. The van der Waals surface area contributed by atoms with Crippen LogP contribution in [0.3, 0.4) is 0 Å². The lowest BCUT2D eigenvalue weighted by Gasteiger charge is -2.32. The van der Waals surface area contributed by atoms with Gasteiger partial charge in [0.05, 0.1) is 6.10 Å². The van der Waals surface area contributed by atoms with E-state index in [1.165, 1.54) is 24.1 Å². The number of unbranched alkanes of at least 4 members (excludes halogenated alkanes) is 1. The second-order valence-electron chi connectivity index (χ2n) is 12.2. The Kier molecular flexibility index (Phi) is 14.2. The number of esters is 1. The standard InChI is InChI=1S/C30H40FN3O5.C3H8.C2H6.H2/c1-30(2,3)39-29(35)26(24-17-21(31)18-25-27(24)38-16-15-37-25)34-13-11-23(19-34)36-14-5-4-8-22-10-9-20-7-6-12-32-28(20)33-22;1-3-2;1-2;/h9-10,17-18,23,26H,4-8,11-16,19H2,1-3H3,(H,32,33);3H2,1-2H3;1-2H3;1H/t23-,26?;;;/m1.../s1. The molecule has 0 amide bonds. The van der Waals surface area contributed by atoms with Gasteiger partial charge >= 0.3 is 5.97 Å². The first-order valence-electron chi connectivity index (χ1n) is 16.6. The van der Waals surface area contributed by atoms with Crippen molar-refractivity contribution >= 4 is 11.8 Å². The number of ether oxygens (including phenoxy) is 4. The number of benzene rings is 1. The minimum atomic E-state index is -0.812. The number of carbonyl (C=O) groups is 1. The number of anilines is 1. The molecular weight excluding hydrogens is 561 g/mol. The lowest BCUT2D eigenvalue weighted by molar-refractivity contribution is -0.161. The lowest BCUT2D eigenvalue weighted by atomic mass is 10.0. The number of rotatable bonds is 9. The van der Waals surface area contributed by atoms with Gasteiger partial charge in [-0.2, -0.15) is 0 Å². The third-order valence-electron chi connectivity index (χ3n) is 7.23. The number of likely N-dealkylation sites (tertiary alicyclic amines) is 1. The highest BCUT2D eigenvalue weighted by atomic mass is 19.1. The van der Waals surface area contributed by atoms with Gasteiger partial charge in [0.25, 0.3) is 0 Å². The molecule has 1 N–H and O–H groups in total. The molecular formula is C35H56FN3O5. The molecule has 248 valence electrons. The van der Waals surface area contributed by atoms with Crippen molar-refractivity contribution in [2.45, 2.75) is 111 Å². The summed E-state index contributed by atoms with van der Waals surface area (Å²) >= 11 is 0. The molecule has 0 saturated carbocycles. The summed E-state index contributed by atoms with van der Waals surface area (Å²) < 4.78 is 38.0. The van der Waals surface area contributed by atoms with Crippen LogP contribution in [0.4, 0.5) is 10.2 Å². The Bertz CT molecular complexity index is 1190. The summed E-state index contributed by atoms with van der Waals surface area (Å²) in [6, 6.07) is 6.18. The molecule has 0 aliphatic carbocycles. The molecule has 0 radical (unpaired) electrons. The maximum atomic E-state index is 14.6. The van der Waals surface area contributed by atoms with E-state index in [1.54, 1.807) is 0 Å². The number of fused-ring (bicyclic) bond motifs is 2. The highest BCUT2D eigenvalue weighted by Gasteiger charge is 2.39. The van der Waals surface area contributed by atoms with Crippen LogP contribution in [0, 0.1) is 5.82 Å². The molecule has 1 unspecified atom stereocenters. The second-order valence-corrected chi connectivity index (χ2v) is 12.2. The number of aromatic nitrogens is 1. The number of aryl methyl sites for hydroxylation is 2. The smallest absolute Gasteiger partial charge is 0.328 e. The summed E-state index contributed by atoms with van der Waals surface area (Å²) in [5.41, 5.74) is 2.17. The van der Waals surface area contributed by atoms with Crippen molar-refractivity contribution in [2.24, 2.45) is 0 Å². The molecule has 8 nitrogen and oxygen atoms in total.